The fraction of sp³-hybridized carbons (Fsp3) is 0.304. The molecular formula is C23H24ClN3O5S2. The van der Waals surface area contributed by atoms with E-state index < -0.39 is 22.2 Å². The predicted molar refractivity (Wildman–Crippen MR) is 132 cm³/mol. The fourth-order valence-corrected chi connectivity index (χ4v) is 6.13. The van der Waals surface area contributed by atoms with Gasteiger partial charge in [0.15, 0.2) is 0 Å². The van der Waals surface area contributed by atoms with Gasteiger partial charge in [0.25, 0.3) is 5.91 Å². The first-order valence-electron chi connectivity index (χ1n) is 10.7. The van der Waals surface area contributed by atoms with Gasteiger partial charge in [-0.1, -0.05) is 29.8 Å². The van der Waals surface area contributed by atoms with Crippen LogP contribution >= 0.6 is 22.9 Å². The topological polar surface area (TPSA) is 105 Å². The monoisotopic (exact) mass is 521 g/mol. The van der Waals surface area contributed by atoms with Crippen molar-refractivity contribution >= 4 is 54.9 Å². The Morgan fingerprint density at radius 2 is 1.94 bits per heavy atom. The van der Waals surface area contributed by atoms with Crippen LogP contribution in [0.2, 0.25) is 5.02 Å². The second-order valence-corrected chi connectivity index (χ2v) is 11.4. The number of carbonyl (C=O) groups excluding carboxylic acids is 2. The summed E-state index contributed by atoms with van der Waals surface area (Å²) in [4.78, 5) is 25.8. The molecule has 0 saturated carbocycles. The van der Waals surface area contributed by atoms with Crippen LogP contribution in [0.15, 0.2) is 59.5 Å². The summed E-state index contributed by atoms with van der Waals surface area (Å²) in [7, 11) is -3.70. The van der Waals surface area contributed by atoms with E-state index in [0.717, 1.165) is 10.1 Å². The number of hydrogen-bond donors (Lipinski definition) is 2. The van der Waals surface area contributed by atoms with Gasteiger partial charge in [0, 0.05) is 29.4 Å². The smallest absolute Gasteiger partial charge is 0.262 e. The summed E-state index contributed by atoms with van der Waals surface area (Å²) in [6.07, 6.45) is -0.509. The van der Waals surface area contributed by atoms with E-state index in [0.29, 0.717) is 9.90 Å². The predicted octanol–water partition coefficient (Wildman–Crippen LogP) is 2.88. The summed E-state index contributed by atoms with van der Waals surface area (Å²) >= 11 is 7.22. The number of nitrogens with one attached hydrogen (secondary N) is 2. The number of rotatable bonds is 7. The van der Waals surface area contributed by atoms with Crippen LogP contribution in [0.1, 0.15) is 16.6 Å². The highest BCUT2D eigenvalue weighted by Gasteiger charge is 2.31. The van der Waals surface area contributed by atoms with Crippen LogP contribution in [0.3, 0.4) is 0 Å². The van der Waals surface area contributed by atoms with E-state index >= 15 is 0 Å². The van der Waals surface area contributed by atoms with Crippen molar-refractivity contribution in [1.29, 1.82) is 0 Å². The molecule has 1 fully saturated rings. The second kappa shape index (κ2) is 10.4. The number of sulfonamides is 1. The van der Waals surface area contributed by atoms with Crippen molar-refractivity contribution in [2.24, 2.45) is 0 Å². The zero-order chi connectivity index (χ0) is 24.3. The highest BCUT2D eigenvalue weighted by atomic mass is 35.5. The number of halogens is 1. The lowest BCUT2D eigenvalue weighted by molar-refractivity contribution is -0.123. The van der Waals surface area contributed by atoms with E-state index in [2.05, 4.69) is 10.6 Å². The largest absolute Gasteiger partial charge is 0.374 e. The molecule has 0 aliphatic carbocycles. The SMILES string of the molecule is C[C@H](NC(=O)c1cc2ccccc2s1)C(=O)NCC1CN(S(=O)(=O)c2ccc(Cl)cc2)CCO1. The Bertz CT molecular complexity index is 1260. The minimum atomic E-state index is -3.70. The Kier molecular flexibility index (Phi) is 7.54. The van der Waals surface area contributed by atoms with Gasteiger partial charge in [-0.3, -0.25) is 9.59 Å². The van der Waals surface area contributed by atoms with E-state index in [4.69, 9.17) is 16.3 Å². The lowest BCUT2D eigenvalue weighted by Gasteiger charge is -2.32. The van der Waals surface area contributed by atoms with Crippen molar-refractivity contribution in [2.45, 2.75) is 24.0 Å². The van der Waals surface area contributed by atoms with Crippen LogP contribution in [0.5, 0.6) is 0 Å². The average Bonchev–Trinajstić information content (AvgIpc) is 3.27. The number of nitrogens with zero attached hydrogens (tertiary/aromatic N) is 1. The van der Waals surface area contributed by atoms with Gasteiger partial charge < -0.3 is 15.4 Å². The molecule has 0 radical (unpaired) electrons. The number of fused-ring (bicyclic) bond motifs is 1. The zero-order valence-corrected chi connectivity index (χ0v) is 20.8. The summed E-state index contributed by atoms with van der Waals surface area (Å²) in [5.74, 6) is -0.700. The maximum Gasteiger partial charge on any atom is 0.262 e. The van der Waals surface area contributed by atoms with Gasteiger partial charge in [0.2, 0.25) is 15.9 Å². The summed E-state index contributed by atoms with van der Waals surface area (Å²) < 4.78 is 33.8. The average molecular weight is 522 g/mol. The van der Waals surface area contributed by atoms with Crippen molar-refractivity contribution in [3.63, 3.8) is 0 Å². The Labute approximate surface area is 206 Å². The van der Waals surface area contributed by atoms with Crippen molar-refractivity contribution in [3.05, 3.63) is 64.5 Å². The van der Waals surface area contributed by atoms with Crippen LogP contribution < -0.4 is 10.6 Å². The van der Waals surface area contributed by atoms with Crippen molar-refractivity contribution in [3.8, 4) is 0 Å². The molecule has 1 aliphatic rings. The second-order valence-electron chi connectivity index (χ2n) is 7.90. The number of thiophene rings is 1. The Morgan fingerprint density at radius 3 is 2.68 bits per heavy atom. The van der Waals surface area contributed by atoms with Crippen LogP contribution in [-0.2, 0) is 19.6 Å². The molecular weight excluding hydrogens is 498 g/mol. The van der Waals surface area contributed by atoms with E-state index in [9.17, 15) is 18.0 Å². The molecule has 11 heteroatoms. The quantitative estimate of drug-likeness (QED) is 0.497. The normalized spacial score (nSPS) is 17.9. The van der Waals surface area contributed by atoms with Crippen molar-refractivity contribution in [1.82, 2.24) is 14.9 Å². The molecule has 1 aliphatic heterocycles. The number of benzene rings is 2. The molecule has 34 heavy (non-hydrogen) atoms. The van der Waals surface area contributed by atoms with Crippen LogP contribution in [0, 0.1) is 0 Å². The van der Waals surface area contributed by atoms with Crippen LogP contribution in [0.4, 0.5) is 0 Å². The van der Waals surface area contributed by atoms with Crippen LogP contribution in [-0.4, -0.2) is 62.9 Å². The maximum atomic E-state index is 12.9. The molecule has 1 aromatic heterocycles. The Morgan fingerprint density at radius 1 is 1.21 bits per heavy atom. The molecule has 8 nitrogen and oxygen atoms in total. The fourth-order valence-electron chi connectivity index (χ4n) is 3.58. The molecule has 2 atom stereocenters. The van der Waals surface area contributed by atoms with E-state index in [1.54, 1.807) is 13.0 Å². The zero-order valence-electron chi connectivity index (χ0n) is 18.4. The summed E-state index contributed by atoms with van der Waals surface area (Å²) in [5, 5.41) is 6.87. The number of ether oxygens (including phenoxy) is 1. The highest BCUT2D eigenvalue weighted by molar-refractivity contribution is 7.89. The molecule has 0 bridgehead atoms. The highest BCUT2D eigenvalue weighted by Crippen LogP contribution is 2.25. The molecule has 1 unspecified atom stereocenters. The van der Waals surface area contributed by atoms with E-state index in [-0.39, 0.29) is 43.0 Å². The third-order valence-corrected chi connectivity index (χ3v) is 8.69. The third kappa shape index (κ3) is 5.59. The first kappa shape index (κ1) is 24.6. The first-order chi connectivity index (χ1) is 16.2. The first-order valence-corrected chi connectivity index (χ1v) is 13.3. The van der Waals surface area contributed by atoms with Crippen LogP contribution in [0.25, 0.3) is 10.1 Å². The number of morpholine rings is 1. The molecule has 4 rings (SSSR count). The van der Waals surface area contributed by atoms with Crippen molar-refractivity contribution in [2.75, 3.05) is 26.2 Å². The lowest BCUT2D eigenvalue weighted by atomic mass is 10.2. The van der Waals surface area contributed by atoms with Gasteiger partial charge in [-0.2, -0.15) is 4.31 Å². The number of carbonyl (C=O) groups is 2. The third-order valence-electron chi connectivity index (χ3n) is 5.45. The summed E-state index contributed by atoms with van der Waals surface area (Å²) in [6.45, 7) is 2.25. The van der Waals surface area contributed by atoms with Gasteiger partial charge in [0.1, 0.15) is 6.04 Å². The van der Waals surface area contributed by atoms with Gasteiger partial charge in [0.05, 0.1) is 22.5 Å². The molecule has 3 aromatic rings. The van der Waals surface area contributed by atoms with Crippen molar-refractivity contribution < 1.29 is 22.7 Å². The van der Waals surface area contributed by atoms with Gasteiger partial charge in [-0.15, -0.1) is 11.3 Å². The minimum Gasteiger partial charge on any atom is -0.374 e. The van der Waals surface area contributed by atoms with Gasteiger partial charge in [-0.05, 0) is 48.7 Å². The summed E-state index contributed by atoms with van der Waals surface area (Å²) in [6, 6.07) is 14.7. The molecule has 180 valence electrons. The summed E-state index contributed by atoms with van der Waals surface area (Å²) in [5.41, 5.74) is 0. The van der Waals surface area contributed by atoms with Gasteiger partial charge >= 0.3 is 0 Å². The molecule has 2 aromatic carbocycles. The molecule has 2 amide bonds. The van der Waals surface area contributed by atoms with E-state index in [1.807, 2.05) is 24.3 Å². The van der Waals surface area contributed by atoms with E-state index in [1.165, 1.54) is 39.9 Å². The lowest BCUT2D eigenvalue weighted by Crippen LogP contribution is -2.52. The molecule has 2 N–H and O–H groups in total. The standard InChI is InChI=1S/C23H24ClN3O5S2/c1-15(26-23(29)21-12-16-4-2-3-5-20(16)33-21)22(28)25-13-18-14-27(10-11-32-18)34(30,31)19-8-6-17(24)7-9-19/h2-9,12,15,18H,10-11,13-14H2,1H3,(H,25,28)(H,26,29)/t15-,18?/m0/s1. The minimum absolute atomic E-state index is 0.105. The maximum absolute atomic E-state index is 12.9. The molecule has 2 heterocycles. The Hall–Kier alpha value is -2.50. The number of hydrogen-bond acceptors (Lipinski definition) is 6. The van der Waals surface area contributed by atoms with Gasteiger partial charge in [-0.25, -0.2) is 8.42 Å². The molecule has 0 spiro atoms. The number of amides is 2. The molecule has 1 saturated heterocycles. The Balaban J connectivity index is 1.30.